The average Bonchev–Trinajstić information content (AvgIpc) is 2.84. The molecule has 0 aromatic carbocycles. The molecule has 0 saturated heterocycles. The minimum atomic E-state index is 0.540. The Balaban J connectivity index is 2.17. The highest BCUT2D eigenvalue weighted by molar-refractivity contribution is 7.99. The predicted octanol–water partition coefficient (Wildman–Crippen LogP) is 2.67. The maximum Gasteiger partial charge on any atom is 0.123 e. The normalized spacial score (nSPS) is 12.6. The summed E-state index contributed by atoms with van der Waals surface area (Å²) in [6, 6.07) is 3.84. The molecule has 0 aliphatic carbocycles. The summed E-state index contributed by atoms with van der Waals surface area (Å²) in [6.45, 7) is 3.21. The molecule has 18 heavy (non-hydrogen) atoms. The Morgan fingerprint density at radius 2 is 2.33 bits per heavy atom. The molecule has 2 aromatic heterocycles. The zero-order valence-electron chi connectivity index (χ0n) is 10.7. The molecule has 2 heterocycles. The molecule has 1 unspecified atom stereocenters. The number of rotatable bonds is 5. The van der Waals surface area contributed by atoms with Crippen LogP contribution >= 0.6 is 11.8 Å². The Morgan fingerprint density at radius 3 is 3.06 bits per heavy atom. The lowest BCUT2D eigenvalue weighted by Gasteiger charge is -2.11. The SMILES string of the molecule is CSC(C)CCn1cncc1-c1ccnc(N)c1. The molecule has 2 rings (SSSR count). The van der Waals surface area contributed by atoms with Crippen LogP contribution in [0, 0.1) is 0 Å². The molecule has 0 aliphatic rings. The molecule has 5 heteroatoms. The van der Waals surface area contributed by atoms with E-state index < -0.39 is 0 Å². The second-order valence-corrected chi connectivity index (χ2v) is 5.55. The van der Waals surface area contributed by atoms with Gasteiger partial charge in [-0.15, -0.1) is 0 Å². The van der Waals surface area contributed by atoms with E-state index in [0.717, 1.165) is 24.2 Å². The molecule has 2 N–H and O–H groups in total. The Hall–Kier alpha value is -1.49. The van der Waals surface area contributed by atoms with Crippen LogP contribution in [0.3, 0.4) is 0 Å². The van der Waals surface area contributed by atoms with Crippen molar-refractivity contribution in [3.63, 3.8) is 0 Å². The topological polar surface area (TPSA) is 56.7 Å². The van der Waals surface area contributed by atoms with Gasteiger partial charge < -0.3 is 10.3 Å². The first-order chi connectivity index (χ1) is 8.70. The summed E-state index contributed by atoms with van der Waals surface area (Å²) < 4.78 is 2.17. The summed E-state index contributed by atoms with van der Waals surface area (Å²) in [5, 5.41) is 0.655. The van der Waals surface area contributed by atoms with Crippen LogP contribution < -0.4 is 5.73 Å². The van der Waals surface area contributed by atoms with Crippen molar-refractivity contribution < 1.29 is 0 Å². The van der Waals surface area contributed by atoms with Crippen LogP contribution in [0.25, 0.3) is 11.3 Å². The molecule has 0 bridgehead atoms. The van der Waals surface area contributed by atoms with Crippen molar-refractivity contribution in [3.8, 4) is 11.3 Å². The minimum absolute atomic E-state index is 0.540. The number of pyridine rings is 1. The fourth-order valence-electron chi connectivity index (χ4n) is 1.79. The van der Waals surface area contributed by atoms with E-state index in [9.17, 15) is 0 Å². The molecule has 0 spiro atoms. The molecule has 0 aliphatic heterocycles. The van der Waals surface area contributed by atoms with Crippen LogP contribution in [0.4, 0.5) is 5.82 Å². The van der Waals surface area contributed by atoms with E-state index in [1.807, 2.05) is 36.4 Å². The Kier molecular flexibility index (Phi) is 4.25. The number of thioether (sulfide) groups is 1. The Labute approximate surface area is 112 Å². The number of nitrogens with zero attached hydrogens (tertiary/aromatic N) is 3. The molecular weight excluding hydrogens is 244 g/mol. The maximum absolute atomic E-state index is 5.71. The second kappa shape index (κ2) is 5.91. The van der Waals surface area contributed by atoms with Gasteiger partial charge in [0.2, 0.25) is 0 Å². The summed E-state index contributed by atoms with van der Waals surface area (Å²) in [7, 11) is 0. The lowest BCUT2D eigenvalue weighted by atomic mass is 10.2. The highest BCUT2D eigenvalue weighted by Crippen LogP contribution is 2.21. The number of nitrogens with two attached hydrogens (primary N) is 1. The average molecular weight is 262 g/mol. The highest BCUT2D eigenvalue weighted by atomic mass is 32.2. The molecule has 1 atom stereocenters. The summed E-state index contributed by atoms with van der Waals surface area (Å²) in [6.07, 6.45) is 8.75. The van der Waals surface area contributed by atoms with Crippen LogP contribution in [-0.4, -0.2) is 26.0 Å². The van der Waals surface area contributed by atoms with Gasteiger partial charge >= 0.3 is 0 Å². The predicted molar refractivity (Wildman–Crippen MR) is 77.5 cm³/mol. The van der Waals surface area contributed by atoms with Crippen molar-refractivity contribution in [1.82, 2.24) is 14.5 Å². The van der Waals surface area contributed by atoms with Crippen molar-refractivity contribution in [2.45, 2.75) is 25.1 Å². The van der Waals surface area contributed by atoms with Gasteiger partial charge in [0.05, 0.1) is 18.2 Å². The van der Waals surface area contributed by atoms with Gasteiger partial charge in [0, 0.05) is 23.6 Å². The molecular formula is C13H18N4S. The zero-order valence-corrected chi connectivity index (χ0v) is 11.5. The van der Waals surface area contributed by atoms with Crippen molar-refractivity contribution >= 4 is 17.6 Å². The fourth-order valence-corrected chi connectivity index (χ4v) is 2.13. The minimum Gasteiger partial charge on any atom is -0.384 e. The first-order valence-electron chi connectivity index (χ1n) is 5.95. The van der Waals surface area contributed by atoms with Crippen molar-refractivity contribution in [1.29, 1.82) is 0 Å². The monoisotopic (exact) mass is 262 g/mol. The third-order valence-corrected chi connectivity index (χ3v) is 4.01. The van der Waals surface area contributed by atoms with Gasteiger partial charge in [-0.25, -0.2) is 9.97 Å². The van der Waals surface area contributed by atoms with Gasteiger partial charge in [0.15, 0.2) is 0 Å². The Morgan fingerprint density at radius 1 is 1.50 bits per heavy atom. The van der Waals surface area contributed by atoms with E-state index in [0.29, 0.717) is 11.1 Å². The molecule has 0 amide bonds. The van der Waals surface area contributed by atoms with Crippen LogP contribution in [-0.2, 0) is 6.54 Å². The smallest absolute Gasteiger partial charge is 0.123 e. The van der Waals surface area contributed by atoms with Crippen molar-refractivity contribution in [2.75, 3.05) is 12.0 Å². The fraction of sp³-hybridized carbons (Fsp3) is 0.385. The van der Waals surface area contributed by atoms with Crippen molar-refractivity contribution in [3.05, 3.63) is 30.9 Å². The molecule has 4 nitrogen and oxygen atoms in total. The van der Waals surface area contributed by atoms with E-state index in [1.54, 1.807) is 6.20 Å². The van der Waals surface area contributed by atoms with Crippen LogP contribution in [0.2, 0.25) is 0 Å². The largest absolute Gasteiger partial charge is 0.384 e. The number of imidazole rings is 1. The number of hydrogen-bond donors (Lipinski definition) is 1. The maximum atomic E-state index is 5.71. The third-order valence-electron chi connectivity index (χ3n) is 2.97. The van der Waals surface area contributed by atoms with Gasteiger partial charge in [0.25, 0.3) is 0 Å². The van der Waals surface area contributed by atoms with Gasteiger partial charge in [-0.05, 0) is 24.8 Å². The number of nitrogen functional groups attached to an aromatic ring is 1. The summed E-state index contributed by atoms with van der Waals surface area (Å²) in [5.74, 6) is 0.540. The van der Waals surface area contributed by atoms with E-state index in [1.165, 1.54) is 0 Å². The van der Waals surface area contributed by atoms with Crippen LogP contribution in [0.5, 0.6) is 0 Å². The molecule has 2 aromatic rings. The number of hydrogen-bond acceptors (Lipinski definition) is 4. The Bertz CT molecular complexity index is 509. The first-order valence-corrected chi connectivity index (χ1v) is 7.24. The van der Waals surface area contributed by atoms with Crippen molar-refractivity contribution in [2.24, 2.45) is 0 Å². The number of aromatic nitrogens is 3. The number of anilines is 1. The summed E-state index contributed by atoms with van der Waals surface area (Å²) >= 11 is 1.89. The van der Waals surface area contributed by atoms with Gasteiger partial charge in [-0.1, -0.05) is 6.92 Å². The van der Waals surface area contributed by atoms with Gasteiger partial charge in [-0.2, -0.15) is 11.8 Å². The quantitative estimate of drug-likeness (QED) is 0.900. The molecule has 0 radical (unpaired) electrons. The summed E-state index contributed by atoms with van der Waals surface area (Å²) in [4.78, 5) is 8.24. The summed E-state index contributed by atoms with van der Waals surface area (Å²) in [5.41, 5.74) is 7.88. The lowest BCUT2D eigenvalue weighted by Crippen LogP contribution is -2.05. The highest BCUT2D eigenvalue weighted by Gasteiger charge is 2.07. The molecule has 0 fully saturated rings. The van der Waals surface area contributed by atoms with Gasteiger partial charge in [0.1, 0.15) is 5.82 Å². The number of aryl methyl sites for hydroxylation is 1. The van der Waals surface area contributed by atoms with Crippen LogP contribution in [0.1, 0.15) is 13.3 Å². The van der Waals surface area contributed by atoms with E-state index >= 15 is 0 Å². The van der Waals surface area contributed by atoms with Crippen LogP contribution in [0.15, 0.2) is 30.9 Å². The third kappa shape index (κ3) is 3.04. The second-order valence-electron chi connectivity index (χ2n) is 4.28. The van der Waals surface area contributed by atoms with Gasteiger partial charge in [-0.3, -0.25) is 0 Å². The lowest BCUT2D eigenvalue weighted by molar-refractivity contribution is 0.645. The van der Waals surface area contributed by atoms with E-state index in [4.69, 9.17) is 5.73 Å². The molecule has 96 valence electrons. The standard InChI is InChI=1S/C13H18N4S/c1-10(18-2)4-6-17-9-15-8-12(17)11-3-5-16-13(14)7-11/h3,5,7-10H,4,6H2,1-2H3,(H2,14,16). The zero-order chi connectivity index (χ0) is 13.0. The first kappa shape index (κ1) is 13.0. The van der Waals surface area contributed by atoms with E-state index in [-0.39, 0.29) is 0 Å². The molecule has 0 saturated carbocycles. The van der Waals surface area contributed by atoms with E-state index in [2.05, 4.69) is 27.7 Å².